The van der Waals surface area contributed by atoms with Gasteiger partial charge in [-0.3, -0.25) is 15.0 Å². The topological polar surface area (TPSA) is 104 Å². The highest BCUT2D eigenvalue weighted by Gasteiger charge is 2.29. The van der Waals surface area contributed by atoms with E-state index in [1.165, 1.54) is 12.1 Å². The summed E-state index contributed by atoms with van der Waals surface area (Å²) in [6, 6.07) is 4.18. The standard InChI is InChI=1S/C16H25N3O5S/c1-4-13-11-18(8-7-17(13)10-12(2)20)15-6-5-14(19(21)22)9-16(15)25(3,23)24/h5-6,9,12-13,20H,4,7-8,10-11H2,1-3H3. The van der Waals surface area contributed by atoms with Crippen molar-refractivity contribution in [3.8, 4) is 0 Å². The van der Waals surface area contributed by atoms with Crippen LogP contribution in [0.2, 0.25) is 0 Å². The molecule has 0 aromatic heterocycles. The minimum Gasteiger partial charge on any atom is -0.392 e. The van der Waals surface area contributed by atoms with Crippen LogP contribution in [0.3, 0.4) is 0 Å². The van der Waals surface area contributed by atoms with E-state index in [0.717, 1.165) is 18.7 Å². The number of aliphatic hydroxyl groups is 1. The van der Waals surface area contributed by atoms with Crippen molar-refractivity contribution in [1.29, 1.82) is 0 Å². The molecule has 0 bridgehead atoms. The zero-order valence-electron chi connectivity index (χ0n) is 14.8. The molecule has 2 rings (SSSR count). The zero-order chi connectivity index (χ0) is 18.8. The van der Waals surface area contributed by atoms with Crippen LogP contribution in [0.25, 0.3) is 0 Å². The fourth-order valence-electron chi connectivity index (χ4n) is 3.25. The van der Waals surface area contributed by atoms with E-state index in [4.69, 9.17) is 0 Å². The Morgan fingerprint density at radius 2 is 2.08 bits per heavy atom. The van der Waals surface area contributed by atoms with Gasteiger partial charge in [0.1, 0.15) is 0 Å². The number of β-amino-alcohol motifs (C(OH)–C–C–N with tert-alkyl or cyclic N) is 1. The first kappa shape index (κ1) is 19.6. The van der Waals surface area contributed by atoms with Crippen LogP contribution >= 0.6 is 0 Å². The lowest BCUT2D eigenvalue weighted by Crippen LogP contribution is -2.54. The van der Waals surface area contributed by atoms with Gasteiger partial charge in [-0.2, -0.15) is 0 Å². The summed E-state index contributed by atoms with van der Waals surface area (Å²) in [5, 5.41) is 20.6. The fraction of sp³-hybridized carbons (Fsp3) is 0.625. The first-order valence-corrected chi connectivity index (χ1v) is 10.2. The zero-order valence-corrected chi connectivity index (χ0v) is 15.6. The summed E-state index contributed by atoms with van der Waals surface area (Å²) in [5.74, 6) is 0. The maximum atomic E-state index is 12.1. The van der Waals surface area contributed by atoms with E-state index in [1.807, 2.05) is 4.90 Å². The number of nitrogens with zero attached hydrogens (tertiary/aromatic N) is 3. The normalized spacial score (nSPS) is 20.5. The Bertz CT molecular complexity index is 735. The SMILES string of the molecule is CCC1CN(c2ccc([N+](=O)[O-])cc2S(C)(=O)=O)CCN1CC(C)O. The quantitative estimate of drug-likeness (QED) is 0.593. The van der Waals surface area contributed by atoms with Crippen LogP contribution in [-0.2, 0) is 9.84 Å². The Morgan fingerprint density at radius 3 is 2.60 bits per heavy atom. The summed E-state index contributed by atoms with van der Waals surface area (Å²) < 4.78 is 24.3. The van der Waals surface area contributed by atoms with Crippen LogP contribution in [0.15, 0.2) is 23.1 Å². The smallest absolute Gasteiger partial charge is 0.270 e. The lowest BCUT2D eigenvalue weighted by Gasteiger charge is -2.43. The second-order valence-electron chi connectivity index (χ2n) is 6.53. The molecule has 1 aromatic carbocycles. The molecule has 1 N–H and O–H groups in total. The predicted octanol–water partition coefficient (Wildman–Crippen LogP) is 1.28. The summed E-state index contributed by atoms with van der Waals surface area (Å²) in [4.78, 5) is 14.5. The molecule has 8 nitrogen and oxygen atoms in total. The molecule has 2 unspecified atom stereocenters. The molecule has 1 aromatic rings. The largest absolute Gasteiger partial charge is 0.392 e. The molecule has 0 amide bonds. The van der Waals surface area contributed by atoms with E-state index in [0.29, 0.717) is 31.9 Å². The first-order valence-electron chi connectivity index (χ1n) is 8.29. The van der Waals surface area contributed by atoms with Crippen molar-refractivity contribution in [3.63, 3.8) is 0 Å². The molecule has 1 aliphatic heterocycles. The van der Waals surface area contributed by atoms with Crippen LogP contribution in [0.1, 0.15) is 20.3 Å². The number of hydrogen-bond acceptors (Lipinski definition) is 7. The molecular weight excluding hydrogens is 346 g/mol. The molecule has 140 valence electrons. The first-order chi connectivity index (χ1) is 11.6. The number of aliphatic hydroxyl groups excluding tert-OH is 1. The lowest BCUT2D eigenvalue weighted by molar-refractivity contribution is -0.385. The number of rotatable bonds is 6. The van der Waals surface area contributed by atoms with Gasteiger partial charge < -0.3 is 10.0 Å². The van der Waals surface area contributed by atoms with Gasteiger partial charge in [0.2, 0.25) is 0 Å². The van der Waals surface area contributed by atoms with E-state index in [9.17, 15) is 23.6 Å². The Labute approximate surface area is 148 Å². The molecule has 0 saturated carbocycles. The minimum atomic E-state index is -3.60. The van der Waals surface area contributed by atoms with Crippen LogP contribution < -0.4 is 4.90 Å². The minimum absolute atomic E-state index is 0.0134. The van der Waals surface area contributed by atoms with Crippen molar-refractivity contribution in [2.45, 2.75) is 37.3 Å². The average Bonchev–Trinajstić information content (AvgIpc) is 2.53. The molecular formula is C16H25N3O5S. The van der Waals surface area contributed by atoms with E-state index in [-0.39, 0.29) is 16.6 Å². The number of benzene rings is 1. The van der Waals surface area contributed by atoms with E-state index >= 15 is 0 Å². The third-order valence-corrected chi connectivity index (χ3v) is 5.59. The number of hydrogen-bond donors (Lipinski definition) is 1. The van der Waals surface area contributed by atoms with Crippen molar-refractivity contribution in [3.05, 3.63) is 28.3 Å². The number of piperazine rings is 1. The highest BCUT2D eigenvalue weighted by molar-refractivity contribution is 7.90. The average molecular weight is 371 g/mol. The number of nitro groups is 1. The molecule has 1 heterocycles. The van der Waals surface area contributed by atoms with Gasteiger partial charge in [0, 0.05) is 50.6 Å². The molecule has 25 heavy (non-hydrogen) atoms. The van der Waals surface area contributed by atoms with Gasteiger partial charge in [-0.05, 0) is 19.4 Å². The summed E-state index contributed by atoms with van der Waals surface area (Å²) in [5.41, 5.74) is 0.271. The second kappa shape index (κ2) is 7.67. The molecule has 0 radical (unpaired) electrons. The Balaban J connectivity index is 2.34. The van der Waals surface area contributed by atoms with Crippen molar-refractivity contribution in [2.75, 3.05) is 37.3 Å². The van der Waals surface area contributed by atoms with Crippen molar-refractivity contribution >= 4 is 21.2 Å². The highest BCUT2D eigenvalue weighted by atomic mass is 32.2. The third-order valence-electron chi connectivity index (χ3n) is 4.47. The summed E-state index contributed by atoms with van der Waals surface area (Å²) in [7, 11) is -3.60. The number of sulfone groups is 1. The maximum Gasteiger partial charge on any atom is 0.270 e. The van der Waals surface area contributed by atoms with Gasteiger partial charge in [-0.15, -0.1) is 0 Å². The second-order valence-corrected chi connectivity index (χ2v) is 8.52. The van der Waals surface area contributed by atoms with Crippen LogP contribution in [0, 0.1) is 10.1 Å². The molecule has 0 aliphatic carbocycles. The van der Waals surface area contributed by atoms with Crippen molar-refractivity contribution < 1.29 is 18.4 Å². The molecule has 1 aliphatic rings. The van der Waals surface area contributed by atoms with E-state index < -0.39 is 20.9 Å². The highest BCUT2D eigenvalue weighted by Crippen LogP contribution is 2.31. The summed E-state index contributed by atoms with van der Waals surface area (Å²) in [6.45, 7) is 6.29. The van der Waals surface area contributed by atoms with Gasteiger partial charge in [0.05, 0.1) is 21.6 Å². The van der Waals surface area contributed by atoms with E-state index in [1.54, 1.807) is 6.92 Å². The van der Waals surface area contributed by atoms with Crippen LogP contribution in [0.4, 0.5) is 11.4 Å². The van der Waals surface area contributed by atoms with Gasteiger partial charge in [-0.1, -0.05) is 6.92 Å². The van der Waals surface area contributed by atoms with Crippen LogP contribution in [0.5, 0.6) is 0 Å². The number of anilines is 1. The summed E-state index contributed by atoms with van der Waals surface area (Å²) >= 11 is 0. The van der Waals surface area contributed by atoms with Gasteiger partial charge in [0.25, 0.3) is 5.69 Å². The lowest BCUT2D eigenvalue weighted by atomic mass is 10.1. The Morgan fingerprint density at radius 1 is 1.40 bits per heavy atom. The molecule has 1 fully saturated rings. The molecule has 0 spiro atoms. The predicted molar refractivity (Wildman–Crippen MR) is 95.8 cm³/mol. The van der Waals surface area contributed by atoms with Gasteiger partial charge in [-0.25, -0.2) is 8.42 Å². The van der Waals surface area contributed by atoms with Gasteiger partial charge >= 0.3 is 0 Å². The summed E-state index contributed by atoms with van der Waals surface area (Å²) in [6.07, 6.45) is 1.51. The van der Waals surface area contributed by atoms with Crippen molar-refractivity contribution in [1.82, 2.24) is 4.90 Å². The van der Waals surface area contributed by atoms with Gasteiger partial charge in [0.15, 0.2) is 9.84 Å². The van der Waals surface area contributed by atoms with Crippen LogP contribution in [-0.4, -0.2) is 67.9 Å². The third kappa shape index (κ3) is 4.68. The monoisotopic (exact) mass is 371 g/mol. The Hall–Kier alpha value is -1.71. The molecule has 1 saturated heterocycles. The molecule has 2 atom stereocenters. The van der Waals surface area contributed by atoms with E-state index in [2.05, 4.69) is 11.8 Å². The number of nitro benzene ring substituents is 1. The maximum absolute atomic E-state index is 12.1. The number of non-ortho nitro benzene ring substituents is 1. The molecule has 9 heteroatoms. The van der Waals surface area contributed by atoms with Crippen molar-refractivity contribution in [2.24, 2.45) is 0 Å². The Kier molecular flexibility index (Phi) is 6.02. The fourth-order valence-corrected chi connectivity index (χ4v) is 4.17.